The summed E-state index contributed by atoms with van der Waals surface area (Å²) in [6, 6.07) is 11.9. The molecule has 2 heterocycles. The van der Waals surface area contributed by atoms with Gasteiger partial charge in [0.05, 0.1) is 28.0 Å². The Hall–Kier alpha value is -2.48. The first kappa shape index (κ1) is 41.3. The highest BCUT2D eigenvalue weighted by atomic mass is 35.5. The average molecular weight is 745 g/mol. The minimum atomic E-state index is -0.193. The van der Waals surface area contributed by atoms with Crippen molar-refractivity contribution in [2.45, 2.75) is 135 Å². The van der Waals surface area contributed by atoms with Crippen LogP contribution in [0.1, 0.15) is 134 Å². The van der Waals surface area contributed by atoms with Crippen LogP contribution in [0.5, 0.6) is 5.75 Å². The van der Waals surface area contributed by atoms with E-state index in [2.05, 4.69) is 27.8 Å². The van der Waals surface area contributed by atoms with E-state index in [0.29, 0.717) is 35.4 Å². The molecule has 0 radical (unpaired) electrons. The van der Waals surface area contributed by atoms with Crippen LogP contribution < -0.4 is 9.64 Å². The van der Waals surface area contributed by atoms with Crippen LogP contribution in [0.3, 0.4) is 0 Å². The number of aryl methyl sites for hydroxylation is 1. The predicted molar refractivity (Wildman–Crippen MR) is 213 cm³/mol. The number of benzene rings is 2. The maximum Gasteiger partial charge on any atom is 0.308 e. The molecule has 2 aliphatic rings. The minimum Gasteiger partial charge on any atom is -0.494 e. The number of aliphatic imine (C=N–C) groups is 1. The topological polar surface area (TPSA) is 63.6 Å². The molecule has 7 nitrogen and oxygen atoms in total. The summed E-state index contributed by atoms with van der Waals surface area (Å²) in [5, 5.41) is 1.25. The largest absolute Gasteiger partial charge is 0.494 e. The summed E-state index contributed by atoms with van der Waals surface area (Å²) in [6.07, 6.45) is 23.7. The fourth-order valence-electron chi connectivity index (χ4n) is 6.94. The van der Waals surface area contributed by atoms with Crippen LogP contribution in [0.4, 0.5) is 11.4 Å². The van der Waals surface area contributed by atoms with Crippen LogP contribution in [0, 0.1) is 0 Å². The van der Waals surface area contributed by atoms with Crippen molar-refractivity contribution < 1.29 is 19.0 Å². The molecule has 0 spiro atoms. The van der Waals surface area contributed by atoms with Crippen molar-refractivity contribution in [3.8, 4) is 5.75 Å². The van der Waals surface area contributed by atoms with Crippen molar-refractivity contribution in [3.63, 3.8) is 0 Å². The lowest BCUT2D eigenvalue weighted by Gasteiger charge is -2.36. The van der Waals surface area contributed by atoms with Crippen LogP contribution >= 0.6 is 23.2 Å². The number of rotatable bonds is 25. The molecule has 0 bridgehead atoms. The number of carbonyl (C=O) groups excluding carboxylic acids is 1. The van der Waals surface area contributed by atoms with Gasteiger partial charge in [0.25, 0.3) is 0 Å². The molecule has 284 valence electrons. The van der Waals surface area contributed by atoms with Crippen LogP contribution in [0.25, 0.3) is 0 Å². The monoisotopic (exact) mass is 743 g/mol. The van der Waals surface area contributed by atoms with Gasteiger partial charge in [-0.15, -0.1) is 0 Å². The quantitative estimate of drug-likeness (QED) is 0.0573. The lowest BCUT2D eigenvalue weighted by molar-refractivity contribution is -0.151. The van der Waals surface area contributed by atoms with E-state index in [1.165, 1.54) is 89.0 Å². The first-order valence-corrected chi connectivity index (χ1v) is 20.8. The molecule has 0 atom stereocenters. The Balaban J connectivity index is 0.990. The van der Waals surface area contributed by atoms with Crippen molar-refractivity contribution in [2.24, 2.45) is 4.99 Å². The Morgan fingerprint density at radius 1 is 0.745 bits per heavy atom. The van der Waals surface area contributed by atoms with E-state index in [9.17, 15) is 4.79 Å². The van der Waals surface area contributed by atoms with E-state index < -0.39 is 0 Å². The van der Waals surface area contributed by atoms with Gasteiger partial charge in [0.2, 0.25) is 6.79 Å². The summed E-state index contributed by atoms with van der Waals surface area (Å²) >= 11 is 12.6. The van der Waals surface area contributed by atoms with Gasteiger partial charge >= 0.3 is 5.97 Å². The van der Waals surface area contributed by atoms with Gasteiger partial charge in [-0.3, -0.25) is 9.69 Å². The van der Waals surface area contributed by atoms with Crippen LogP contribution in [-0.2, 0) is 20.7 Å². The highest BCUT2D eigenvalue weighted by Gasteiger charge is 2.20. The van der Waals surface area contributed by atoms with Gasteiger partial charge in [-0.2, -0.15) is 0 Å². The summed E-state index contributed by atoms with van der Waals surface area (Å²) in [5.74, 6) is 1.24. The van der Waals surface area contributed by atoms with Crippen molar-refractivity contribution in [1.82, 2.24) is 4.90 Å². The average Bonchev–Trinajstić information content (AvgIpc) is 3.14. The van der Waals surface area contributed by atoms with E-state index in [1.54, 1.807) is 0 Å². The van der Waals surface area contributed by atoms with Gasteiger partial charge in [-0.1, -0.05) is 132 Å². The van der Waals surface area contributed by atoms with Crippen molar-refractivity contribution in [2.75, 3.05) is 51.0 Å². The Bertz CT molecular complexity index is 1320. The zero-order valence-corrected chi connectivity index (χ0v) is 32.8. The fourth-order valence-corrected chi connectivity index (χ4v) is 7.35. The molecule has 9 heteroatoms. The second-order valence-electron chi connectivity index (χ2n) is 14.2. The summed E-state index contributed by atoms with van der Waals surface area (Å²) in [6.45, 7) is 7.83. The Morgan fingerprint density at radius 2 is 1.41 bits per heavy atom. The van der Waals surface area contributed by atoms with Crippen molar-refractivity contribution in [1.29, 1.82) is 0 Å². The fraction of sp³-hybridized carbons (Fsp3) is 0.667. The summed E-state index contributed by atoms with van der Waals surface area (Å²) in [5.41, 5.74) is 3.07. The van der Waals surface area contributed by atoms with E-state index in [1.807, 2.05) is 30.3 Å². The van der Waals surface area contributed by atoms with E-state index >= 15 is 0 Å². The molecule has 0 aromatic heterocycles. The maximum atomic E-state index is 12.2. The van der Waals surface area contributed by atoms with E-state index in [-0.39, 0.29) is 12.8 Å². The second kappa shape index (κ2) is 24.7. The van der Waals surface area contributed by atoms with Gasteiger partial charge in [0.15, 0.2) is 5.90 Å². The summed E-state index contributed by atoms with van der Waals surface area (Å²) < 4.78 is 17.2. The van der Waals surface area contributed by atoms with Crippen LogP contribution in [0.15, 0.2) is 41.4 Å². The summed E-state index contributed by atoms with van der Waals surface area (Å²) in [7, 11) is 0. The number of nitrogens with zero attached hydrogens (tertiary/aromatic N) is 3. The van der Waals surface area contributed by atoms with Gasteiger partial charge < -0.3 is 19.1 Å². The molecule has 0 aliphatic carbocycles. The van der Waals surface area contributed by atoms with Gasteiger partial charge in [-0.05, 0) is 56.0 Å². The standard InChI is InChI=1S/C42H63Cl2N3O4/c1-2-3-4-5-6-7-8-9-10-11-12-13-14-15-16-22-41(48)51-34-50-40-26-24-35-23-25-36(33-38(35)45-40)49-32-18-17-27-46-28-30-47(31-29-46)39-21-19-20-37(43)42(39)44/h19-21,23,25,33H,2-18,22,24,26-32,34H2,1H3. The number of hydrogen-bond acceptors (Lipinski definition) is 7. The summed E-state index contributed by atoms with van der Waals surface area (Å²) in [4.78, 5) is 21.7. The lowest BCUT2D eigenvalue weighted by atomic mass is 10.0. The van der Waals surface area contributed by atoms with Crippen LogP contribution in [-0.4, -0.2) is 62.9 Å². The van der Waals surface area contributed by atoms with Crippen molar-refractivity contribution >= 4 is 46.4 Å². The first-order valence-electron chi connectivity index (χ1n) is 20.1. The molecule has 2 aromatic rings. The Labute approximate surface area is 318 Å². The third kappa shape index (κ3) is 16.0. The number of ether oxygens (including phenoxy) is 3. The lowest BCUT2D eigenvalue weighted by Crippen LogP contribution is -2.46. The highest BCUT2D eigenvalue weighted by Crippen LogP contribution is 2.33. The molecular weight excluding hydrogens is 681 g/mol. The zero-order chi connectivity index (χ0) is 35.9. The number of anilines is 1. The third-order valence-corrected chi connectivity index (χ3v) is 10.9. The van der Waals surface area contributed by atoms with Gasteiger partial charge in [-0.25, -0.2) is 4.99 Å². The molecule has 51 heavy (non-hydrogen) atoms. The van der Waals surface area contributed by atoms with Gasteiger partial charge in [0, 0.05) is 45.1 Å². The molecule has 2 aromatic carbocycles. The molecule has 0 saturated carbocycles. The molecule has 0 unspecified atom stereocenters. The zero-order valence-electron chi connectivity index (χ0n) is 31.3. The predicted octanol–water partition coefficient (Wildman–Crippen LogP) is 11.7. The number of esters is 1. The smallest absolute Gasteiger partial charge is 0.308 e. The Kier molecular flexibility index (Phi) is 20.0. The normalized spacial score (nSPS) is 14.6. The maximum absolute atomic E-state index is 12.2. The highest BCUT2D eigenvalue weighted by molar-refractivity contribution is 6.43. The second-order valence-corrected chi connectivity index (χ2v) is 15.0. The molecule has 4 rings (SSSR count). The number of unbranched alkanes of at least 4 members (excludes halogenated alkanes) is 15. The van der Waals surface area contributed by atoms with Crippen molar-refractivity contribution in [3.05, 3.63) is 52.0 Å². The first-order chi connectivity index (χ1) is 25.0. The van der Waals surface area contributed by atoms with E-state index in [4.69, 9.17) is 37.4 Å². The number of fused-ring (bicyclic) bond motifs is 1. The molecule has 0 N–H and O–H groups in total. The number of piperazine rings is 1. The molecular formula is C42H63Cl2N3O4. The number of hydrogen-bond donors (Lipinski definition) is 0. The SMILES string of the molecule is CCCCCCCCCCCCCCCCCC(=O)OCOC1=Nc2cc(OCCCCN3CCN(c4cccc(Cl)c4Cl)CC3)ccc2CC1. The Morgan fingerprint density at radius 3 is 2.10 bits per heavy atom. The molecule has 1 fully saturated rings. The minimum absolute atomic E-state index is 0.0780. The van der Waals surface area contributed by atoms with Gasteiger partial charge in [0.1, 0.15) is 5.75 Å². The molecule has 0 amide bonds. The van der Waals surface area contributed by atoms with E-state index in [0.717, 1.165) is 82.0 Å². The van der Waals surface area contributed by atoms with Crippen LogP contribution in [0.2, 0.25) is 10.0 Å². The third-order valence-electron chi connectivity index (χ3n) is 10.1. The molecule has 1 saturated heterocycles. The molecule has 2 aliphatic heterocycles. The number of halogens is 2. The number of carbonyl (C=O) groups is 1.